The van der Waals surface area contributed by atoms with Gasteiger partial charge in [-0.1, -0.05) is 24.6 Å². The molecule has 4 rings (SSSR count). The van der Waals surface area contributed by atoms with Crippen molar-refractivity contribution >= 4 is 23.4 Å². The van der Waals surface area contributed by atoms with Crippen molar-refractivity contribution in [1.29, 1.82) is 0 Å². The van der Waals surface area contributed by atoms with E-state index in [1.54, 1.807) is 4.90 Å². The summed E-state index contributed by atoms with van der Waals surface area (Å²) in [6.07, 6.45) is 5.09. The lowest BCUT2D eigenvalue weighted by Gasteiger charge is -2.37. The maximum absolute atomic E-state index is 12.6. The minimum absolute atomic E-state index is 0.00210. The van der Waals surface area contributed by atoms with Crippen molar-refractivity contribution in [2.75, 3.05) is 24.5 Å². The van der Waals surface area contributed by atoms with E-state index in [9.17, 15) is 14.4 Å². The lowest BCUT2D eigenvalue weighted by Crippen LogP contribution is -2.49. The fourth-order valence-electron chi connectivity index (χ4n) is 4.22. The summed E-state index contributed by atoms with van der Waals surface area (Å²) in [6.45, 7) is 1.88. The standard InChI is InChI=1S/C21H27N3O3/c25-19-13-16(14-24(19)18-7-2-1-3-8-18)20(26)22-17-9-11-23(12-10-17)21(27)15-5-4-6-15/h1-3,7-8,15-17H,4-6,9-14H2,(H,22,26)/t16-/m0/s1. The zero-order valence-electron chi connectivity index (χ0n) is 15.6. The van der Waals surface area contributed by atoms with Crippen molar-refractivity contribution in [2.45, 2.75) is 44.6 Å². The number of carbonyl (C=O) groups excluding carboxylic acids is 3. The summed E-state index contributed by atoms with van der Waals surface area (Å²) in [6, 6.07) is 9.60. The highest BCUT2D eigenvalue weighted by Gasteiger charge is 2.37. The normalized spacial score (nSPS) is 24.0. The number of nitrogens with zero attached hydrogens (tertiary/aromatic N) is 2. The van der Waals surface area contributed by atoms with Gasteiger partial charge in [0.15, 0.2) is 0 Å². The van der Waals surface area contributed by atoms with Gasteiger partial charge in [0.1, 0.15) is 0 Å². The first-order chi connectivity index (χ1) is 13.1. The second-order valence-electron chi connectivity index (χ2n) is 7.98. The maximum Gasteiger partial charge on any atom is 0.227 e. The highest BCUT2D eigenvalue weighted by atomic mass is 16.2. The second-order valence-corrected chi connectivity index (χ2v) is 7.98. The Morgan fingerprint density at radius 2 is 1.67 bits per heavy atom. The maximum atomic E-state index is 12.6. The minimum atomic E-state index is -0.299. The van der Waals surface area contributed by atoms with Gasteiger partial charge in [0.25, 0.3) is 0 Å². The summed E-state index contributed by atoms with van der Waals surface area (Å²) < 4.78 is 0. The van der Waals surface area contributed by atoms with Crippen molar-refractivity contribution in [3.8, 4) is 0 Å². The van der Waals surface area contributed by atoms with Gasteiger partial charge in [-0.05, 0) is 37.8 Å². The Bertz CT molecular complexity index is 709. The van der Waals surface area contributed by atoms with E-state index < -0.39 is 0 Å². The van der Waals surface area contributed by atoms with E-state index in [4.69, 9.17) is 0 Å². The molecule has 1 atom stereocenters. The largest absolute Gasteiger partial charge is 0.353 e. The number of likely N-dealkylation sites (tertiary alicyclic amines) is 1. The van der Waals surface area contributed by atoms with Crippen molar-refractivity contribution in [3.05, 3.63) is 30.3 Å². The summed E-state index contributed by atoms with van der Waals surface area (Å²) in [5.74, 6) is 0.204. The van der Waals surface area contributed by atoms with Crippen LogP contribution in [0.4, 0.5) is 5.69 Å². The number of rotatable bonds is 4. The van der Waals surface area contributed by atoms with E-state index in [1.165, 1.54) is 6.42 Å². The highest BCUT2D eigenvalue weighted by molar-refractivity contribution is 6.00. The molecule has 144 valence electrons. The number of hydrogen-bond acceptors (Lipinski definition) is 3. The SMILES string of the molecule is O=C(NC1CCN(C(=O)C2CCC2)CC1)[C@H]1CC(=O)N(c2ccccc2)C1. The van der Waals surface area contributed by atoms with Crippen LogP contribution in [0, 0.1) is 11.8 Å². The van der Waals surface area contributed by atoms with Gasteiger partial charge in [-0.3, -0.25) is 14.4 Å². The number of piperidine rings is 1. The molecule has 1 saturated carbocycles. The molecule has 1 aromatic carbocycles. The van der Waals surface area contributed by atoms with Crippen LogP contribution < -0.4 is 10.2 Å². The van der Waals surface area contributed by atoms with Crippen molar-refractivity contribution in [1.82, 2.24) is 10.2 Å². The molecule has 0 unspecified atom stereocenters. The zero-order chi connectivity index (χ0) is 18.8. The van der Waals surface area contributed by atoms with E-state index in [-0.39, 0.29) is 36.1 Å². The topological polar surface area (TPSA) is 69.7 Å². The molecule has 2 saturated heterocycles. The molecule has 0 bridgehead atoms. The molecule has 3 fully saturated rings. The number of anilines is 1. The Morgan fingerprint density at radius 3 is 2.30 bits per heavy atom. The van der Waals surface area contributed by atoms with Crippen molar-refractivity contribution in [2.24, 2.45) is 11.8 Å². The fourth-order valence-corrected chi connectivity index (χ4v) is 4.22. The third-order valence-electron chi connectivity index (χ3n) is 6.17. The molecular weight excluding hydrogens is 342 g/mol. The van der Waals surface area contributed by atoms with Crippen LogP contribution in [0.3, 0.4) is 0 Å². The van der Waals surface area contributed by atoms with Gasteiger partial charge in [0.05, 0.1) is 5.92 Å². The van der Waals surface area contributed by atoms with Crippen molar-refractivity contribution in [3.63, 3.8) is 0 Å². The summed E-state index contributed by atoms with van der Waals surface area (Å²) in [4.78, 5) is 40.9. The molecule has 3 aliphatic rings. The zero-order valence-corrected chi connectivity index (χ0v) is 15.6. The summed E-state index contributed by atoms with van der Waals surface area (Å²) in [5.41, 5.74) is 0.848. The molecule has 0 spiro atoms. The molecule has 0 aromatic heterocycles. The first kappa shape index (κ1) is 18.0. The number of amides is 3. The Kier molecular flexibility index (Phi) is 5.14. The first-order valence-electron chi connectivity index (χ1n) is 10.1. The van der Waals surface area contributed by atoms with Crippen LogP contribution in [0.5, 0.6) is 0 Å². The first-order valence-corrected chi connectivity index (χ1v) is 10.1. The molecule has 1 aromatic rings. The van der Waals surface area contributed by atoms with Crippen LogP contribution >= 0.6 is 0 Å². The molecule has 6 nitrogen and oxygen atoms in total. The van der Waals surface area contributed by atoms with Gasteiger partial charge in [0.2, 0.25) is 17.7 Å². The van der Waals surface area contributed by atoms with E-state index in [0.29, 0.717) is 12.5 Å². The quantitative estimate of drug-likeness (QED) is 0.882. The van der Waals surface area contributed by atoms with Gasteiger partial charge in [-0.15, -0.1) is 0 Å². The number of para-hydroxylation sites is 1. The lowest BCUT2D eigenvalue weighted by atomic mass is 9.84. The molecule has 1 N–H and O–H groups in total. The van der Waals surface area contributed by atoms with Crippen LogP contribution in [0.1, 0.15) is 38.5 Å². The Morgan fingerprint density at radius 1 is 0.963 bits per heavy atom. The lowest BCUT2D eigenvalue weighted by molar-refractivity contribution is -0.139. The summed E-state index contributed by atoms with van der Waals surface area (Å²) in [5, 5.41) is 3.11. The van der Waals surface area contributed by atoms with Gasteiger partial charge >= 0.3 is 0 Å². The van der Waals surface area contributed by atoms with Gasteiger partial charge in [0, 0.05) is 43.7 Å². The predicted molar refractivity (Wildman–Crippen MR) is 102 cm³/mol. The average molecular weight is 369 g/mol. The van der Waals surface area contributed by atoms with Crippen LogP contribution in [0.15, 0.2) is 30.3 Å². The predicted octanol–water partition coefficient (Wildman–Crippen LogP) is 1.95. The van der Waals surface area contributed by atoms with Gasteiger partial charge in [-0.2, -0.15) is 0 Å². The van der Waals surface area contributed by atoms with E-state index in [1.807, 2.05) is 35.2 Å². The molecule has 1 aliphatic carbocycles. The second kappa shape index (κ2) is 7.71. The smallest absolute Gasteiger partial charge is 0.227 e. The monoisotopic (exact) mass is 369 g/mol. The molecule has 3 amide bonds. The Labute approximate surface area is 159 Å². The van der Waals surface area contributed by atoms with Crippen LogP contribution in [-0.2, 0) is 14.4 Å². The molecular formula is C21H27N3O3. The fraction of sp³-hybridized carbons (Fsp3) is 0.571. The average Bonchev–Trinajstić information content (AvgIpc) is 3.03. The number of hydrogen-bond donors (Lipinski definition) is 1. The Hall–Kier alpha value is -2.37. The molecule has 6 heteroatoms. The van der Waals surface area contributed by atoms with Crippen LogP contribution in [0.2, 0.25) is 0 Å². The van der Waals surface area contributed by atoms with E-state index in [0.717, 1.165) is 44.5 Å². The summed E-state index contributed by atoms with van der Waals surface area (Å²) >= 11 is 0. The van der Waals surface area contributed by atoms with Crippen molar-refractivity contribution < 1.29 is 14.4 Å². The molecule has 2 aliphatic heterocycles. The third-order valence-corrected chi connectivity index (χ3v) is 6.17. The number of benzene rings is 1. The third kappa shape index (κ3) is 3.84. The minimum Gasteiger partial charge on any atom is -0.353 e. The Balaban J connectivity index is 1.26. The summed E-state index contributed by atoms with van der Waals surface area (Å²) in [7, 11) is 0. The van der Waals surface area contributed by atoms with Gasteiger partial charge < -0.3 is 15.1 Å². The molecule has 0 radical (unpaired) electrons. The number of nitrogens with one attached hydrogen (secondary N) is 1. The number of carbonyl (C=O) groups is 3. The highest BCUT2D eigenvalue weighted by Crippen LogP contribution is 2.29. The molecule has 27 heavy (non-hydrogen) atoms. The van der Waals surface area contributed by atoms with Gasteiger partial charge in [-0.25, -0.2) is 0 Å². The molecule has 2 heterocycles. The van der Waals surface area contributed by atoms with E-state index >= 15 is 0 Å². The van der Waals surface area contributed by atoms with Crippen LogP contribution in [-0.4, -0.2) is 48.3 Å². The van der Waals surface area contributed by atoms with Crippen LogP contribution in [0.25, 0.3) is 0 Å². The van der Waals surface area contributed by atoms with E-state index in [2.05, 4.69) is 5.32 Å².